The first-order valence-electron chi connectivity index (χ1n) is 4.09. The monoisotopic (exact) mass is 180 g/mol. The van der Waals surface area contributed by atoms with Gasteiger partial charge in [0.05, 0.1) is 5.56 Å². The summed E-state index contributed by atoms with van der Waals surface area (Å²) in [6, 6.07) is 1.42. The summed E-state index contributed by atoms with van der Waals surface area (Å²) in [6.07, 6.45) is 3.59. The molecule has 0 aliphatic rings. The summed E-state index contributed by atoms with van der Waals surface area (Å²) in [7, 11) is 0. The van der Waals surface area contributed by atoms with Crippen molar-refractivity contribution in [1.29, 1.82) is 0 Å². The molecule has 4 nitrogen and oxygen atoms in total. The Bertz CT molecular complexity index is 312. The smallest absolute Gasteiger partial charge is 0.337 e. The van der Waals surface area contributed by atoms with Gasteiger partial charge in [0.2, 0.25) is 0 Å². The van der Waals surface area contributed by atoms with E-state index in [9.17, 15) is 4.79 Å². The molecular formula is C9H12N2O2. The van der Waals surface area contributed by atoms with E-state index in [1.807, 2.05) is 6.92 Å². The predicted molar refractivity (Wildman–Crippen MR) is 48.4 cm³/mol. The minimum Gasteiger partial charge on any atom is -0.478 e. The number of nitrogens with two attached hydrogens (primary N) is 1. The van der Waals surface area contributed by atoms with Gasteiger partial charge in [-0.3, -0.25) is 4.98 Å². The zero-order valence-electron chi connectivity index (χ0n) is 7.40. The molecule has 0 bridgehead atoms. The number of aromatic carboxylic acids is 1. The number of hydrogen-bond acceptors (Lipinski definition) is 3. The van der Waals surface area contributed by atoms with Gasteiger partial charge in [0.15, 0.2) is 0 Å². The molecule has 4 heteroatoms. The van der Waals surface area contributed by atoms with Crippen molar-refractivity contribution in [1.82, 2.24) is 4.98 Å². The standard InChI is InChI=1S/C9H12N2O2/c1-2-8(10)6-3-4-11-5-7(6)9(12)13/h3-5,8H,2,10H2,1H3,(H,12,13). The van der Waals surface area contributed by atoms with Crippen LogP contribution in [0.2, 0.25) is 0 Å². The molecule has 0 fully saturated rings. The number of rotatable bonds is 3. The van der Waals surface area contributed by atoms with Crippen molar-refractivity contribution in [2.75, 3.05) is 0 Å². The topological polar surface area (TPSA) is 76.2 Å². The van der Waals surface area contributed by atoms with Crippen LogP contribution in [0.1, 0.15) is 35.3 Å². The van der Waals surface area contributed by atoms with Gasteiger partial charge in [0.1, 0.15) is 0 Å². The molecular weight excluding hydrogens is 168 g/mol. The molecule has 1 aromatic rings. The first-order valence-corrected chi connectivity index (χ1v) is 4.09. The Hall–Kier alpha value is -1.42. The van der Waals surface area contributed by atoms with Gasteiger partial charge in [0.25, 0.3) is 0 Å². The SMILES string of the molecule is CCC(N)c1ccncc1C(=O)O. The molecule has 1 atom stereocenters. The zero-order valence-corrected chi connectivity index (χ0v) is 7.40. The fourth-order valence-electron chi connectivity index (χ4n) is 1.13. The summed E-state index contributed by atoms with van der Waals surface area (Å²) in [5.41, 5.74) is 6.58. The van der Waals surface area contributed by atoms with E-state index in [2.05, 4.69) is 4.98 Å². The lowest BCUT2D eigenvalue weighted by molar-refractivity contribution is 0.0694. The Morgan fingerprint density at radius 1 is 1.77 bits per heavy atom. The van der Waals surface area contributed by atoms with Crippen LogP contribution in [0.4, 0.5) is 0 Å². The lowest BCUT2D eigenvalue weighted by Crippen LogP contribution is -2.14. The van der Waals surface area contributed by atoms with E-state index in [4.69, 9.17) is 10.8 Å². The first-order chi connectivity index (χ1) is 6.16. The molecule has 1 unspecified atom stereocenters. The van der Waals surface area contributed by atoms with Gasteiger partial charge in [-0.05, 0) is 18.1 Å². The highest BCUT2D eigenvalue weighted by Gasteiger charge is 2.13. The van der Waals surface area contributed by atoms with E-state index in [1.165, 1.54) is 6.20 Å². The van der Waals surface area contributed by atoms with Crippen molar-refractivity contribution >= 4 is 5.97 Å². The second kappa shape index (κ2) is 4.00. The largest absolute Gasteiger partial charge is 0.478 e. The van der Waals surface area contributed by atoms with Gasteiger partial charge in [0, 0.05) is 18.4 Å². The molecule has 0 saturated carbocycles. The van der Waals surface area contributed by atoms with Crippen molar-refractivity contribution in [2.24, 2.45) is 5.73 Å². The van der Waals surface area contributed by atoms with Crippen molar-refractivity contribution in [3.63, 3.8) is 0 Å². The average Bonchev–Trinajstić information content (AvgIpc) is 2.16. The van der Waals surface area contributed by atoms with E-state index in [0.717, 1.165) is 0 Å². The average molecular weight is 180 g/mol. The molecule has 0 aromatic carbocycles. The van der Waals surface area contributed by atoms with Crippen LogP contribution in [0.5, 0.6) is 0 Å². The number of nitrogens with zero attached hydrogens (tertiary/aromatic N) is 1. The van der Waals surface area contributed by atoms with Crippen molar-refractivity contribution in [3.8, 4) is 0 Å². The second-order valence-electron chi connectivity index (χ2n) is 2.78. The van der Waals surface area contributed by atoms with Crippen LogP contribution in [0.3, 0.4) is 0 Å². The van der Waals surface area contributed by atoms with E-state index >= 15 is 0 Å². The molecule has 0 spiro atoms. The number of carbonyl (C=O) groups is 1. The van der Waals surface area contributed by atoms with Gasteiger partial charge in [-0.2, -0.15) is 0 Å². The lowest BCUT2D eigenvalue weighted by atomic mass is 10.0. The van der Waals surface area contributed by atoms with Gasteiger partial charge < -0.3 is 10.8 Å². The third-order valence-electron chi connectivity index (χ3n) is 1.92. The number of pyridine rings is 1. The van der Waals surface area contributed by atoms with E-state index in [1.54, 1.807) is 12.3 Å². The van der Waals surface area contributed by atoms with Crippen LogP contribution >= 0.6 is 0 Å². The Balaban J connectivity index is 3.11. The summed E-state index contributed by atoms with van der Waals surface area (Å²) >= 11 is 0. The molecule has 70 valence electrons. The summed E-state index contributed by atoms with van der Waals surface area (Å²) in [4.78, 5) is 14.5. The van der Waals surface area contributed by atoms with Gasteiger partial charge in [-0.15, -0.1) is 0 Å². The van der Waals surface area contributed by atoms with Gasteiger partial charge in [-0.1, -0.05) is 6.92 Å². The molecule has 0 saturated heterocycles. The van der Waals surface area contributed by atoms with Crippen LogP contribution in [0, 0.1) is 0 Å². The molecule has 0 amide bonds. The molecule has 1 rings (SSSR count). The van der Waals surface area contributed by atoms with E-state index in [0.29, 0.717) is 12.0 Å². The van der Waals surface area contributed by atoms with E-state index < -0.39 is 5.97 Å². The van der Waals surface area contributed by atoms with Gasteiger partial charge >= 0.3 is 5.97 Å². The number of carboxylic acid groups (broad SMARTS) is 1. The Labute approximate surface area is 76.4 Å². The Kier molecular flexibility index (Phi) is 2.97. The summed E-state index contributed by atoms with van der Waals surface area (Å²) in [6.45, 7) is 1.91. The molecule has 13 heavy (non-hydrogen) atoms. The quantitative estimate of drug-likeness (QED) is 0.732. The maximum atomic E-state index is 10.7. The molecule has 0 aliphatic carbocycles. The highest BCUT2D eigenvalue weighted by atomic mass is 16.4. The third-order valence-corrected chi connectivity index (χ3v) is 1.92. The molecule has 0 radical (unpaired) electrons. The summed E-state index contributed by atoms with van der Waals surface area (Å²) in [5, 5.41) is 8.81. The van der Waals surface area contributed by atoms with Crippen LogP contribution in [-0.4, -0.2) is 16.1 Å². The van der Waals surface area contributed by atoms with Crippen molar-refractivity contribution in [3.05, 3.63) is 29.6 Å². The Morgan fingerprint density at radius 2 is 2.46 bits per heavy atom. The number of carboxylic acids is 1. The second-order valence-corrected chi connectivity index (χ2v) is 2.78. The molecule has 1 aromatic heterocycles. The lowest BCUT2D eigenvalue weighted by Gasteiger charge is -2.10. The highest BCUT2D eigenvalue weighted by molar-refractivity contribution is 5.89. The van der Waals surface area contributed by atoms with Crippen LogP contribution in [-0.2, 0) is 0 Å². The normalized spacial score (nSPS) is 12.5. The minimum absolute atomic E-state index is 0.192. The van der Waals surface area contributed by atoms with Crippen molar-refractivity contribution in [2.45, 2.75) is 19.4 Å². The van der Waals surface area contributed by atoms with Crippen LogP contribution < -0.4 is 5.73 Å². The maximum absolute atomic E-state index is 10.7. The molecule has 3 N–H and O–H groups in total. The Morgan fingerprint density at radius 3 is 3.00 bits per heavy atom. The zero-order chi connectivity index (χ0) is 9.84. The molecule has 0 aliphatic heterocycles. The van der Waals surface area contributed by atoms with Crippen LogP contribution in [0.15, 0.2) is 18.5 Å². The first kappa shape index (κ1) is 9.67. The predicted octanol–water partition coefficient (Wildman–Crippen LogP) is 1.19. The summed E-state index contributed by atoms with van der Waals surface area (Å²) in [5.74, 6) is -0.980. The number of hydrogen-bond donors (Lipinski definition) is 2. The molecule has 1 heterocycles. The maximum Gasteiger partial charge on any atom is 0.337 e. The summed E-state index contributed by atoms with van der Waals surface area (Å²) < 4.78 is 0. The fourth-order valence-corrected chi connectivity index (χ4v) is 1.13. The van der Waals surface area contributed by atoms with Crippen LogP contribution in [0.25, 0.3) is 0 Å². The van der Waals surface area contributed by atoms with Crippen molar-refractivity contribution < 1.29 is 9.90 Å². The minimum atomic E-state index is -0.980. The third kappa shape index (κ3) is 2.03. The number of aromatic nitrogens is 1. The van der Waals surface area contributed by atoms with E-state index in [-0.39, 0.29) is 11.6 Å². The van der Waals surface area contributed by atoms with Gasteiger partial charge in [-0.25, -0.2) is 4.79 Å². The highest BCUT2D eigenvalue weighted by Crippen LogP contribution is 2.17. The fraction of sp³-hybridized carbons (Fsp3) is 0.333.